The summed E-state index contributed by atoms with van der Waals surface area (Å²) in [7, 11) is 1.75. The third-order valence-electron chi connectivity index (χ3n) is 4.30. The maximum Gasteiger partial charge on any atom is 0.128 e. The van der Waals surface area contributed by atoms with Crippen molar-refractivity contribution in [1.82, 2.24) is 10.3 Å². The van der Waals surface area contributed by atoms with Crippen molar-refractivity contribution in [3.63, 3.8) is 0 Å². The zero-order valence-corrected chi connectivity index (χ0v) is 13.5. The molecule has 0 aliphatic heterocycles. The molecule has 112 valence electrons. The first-order valence-corrected chi connectivity index (χ1v) is 7.67. The van der Waals surface area contributed by atoms with Crippen LogP contribution in [-0.2, 0) is 6.42 Å². The molecule has 20 heavy (non-hydrogen) atoms. The van der Waals surface area contributed by atoms with Crippen LogP contribution in [0.2, 0.25) is 0 Å². The average molecular weight is 276 g/mol. The second kappa shape index (κ2) is 6.13. The van der Waals surface area contributed by atoms with Gasteiger partial charge < -0.3 is 10.1 Å². The van der Waals surface area contributed by atoms with Gasteiger partial charge in [-0.15, -0.1) is 0 Å². The smallest absolute Gasteiger partial charge is 0.128 e. The molecule has 1 aromatic rings. The first-order valence-electron chi connectivity index (χ1n) is 7.67. The van der Waals surface area contributed by atoms with E-state index in [0.717, 1.165) is 30.8 Å². The first kappa shape index (κ1) is 15.3. The molecule has 1 N–H and O–H groups in total. The largest absolute Gasteiger partial charge is 0.496 e. The van der Waals surface area contributed by atoms with Crippen molar-refractivity contribution in [2.24, 2.45) is 11.3 Å². The normalized spacial score (nSPS) is 16.5. The molecule has 3 nitrogen and oxygen atoms in total. The molecule has 1 aliphatic carbocycles. The summed E-state index contributed by atoms with van der Waals surface area (Å²) in [5, 5.41) is 3.61. The Morgan fingerprint density at radius 1 is 1.35 bits per heavy atom. The Labute approximate surface area is 123 Å². The summed E-state index contributed by atoms with van der Waals surface area (Å²) < 4.78 is 5.51. The second-order valence-electron chi connectivity index (χ2n) is 6.75. The minimum absolute atomic E-state index is 0.437. The standard InChI is InChI=1S/C17H28N2O/c1-12(2)9-18-11-17(6-7-17)8-15-14(4)16(20-5)13(3)10-19-15/h10,12,18H,6-9,11H2,1-5H3. The van der Waals surface area contributed by atoms with Crippen molar-refractivity contribution >= 4 is 0 Å². The molecular weight excluding hydrogens is 248 g/mol. The molecule has 1 heterocycles. The molecule has 0 atom stereocenters. The number of nitrogens with zero attached hydrogens (tertiary/aromatic N) is 1. The van der Waals surface area contributed by atoms with Gasteiger partial charge >= 0.3 is 0 Å². The fraction of sp³-hybridized carbons (Fsp3) is 0.706. The number of hydrogen-bond acceptors (Lipinski definition) is 3. The third kappa shape index (κ3) is 3.51. The number of nitrogens with one attached hydrogen (secondary N) is 1. The molecule has 0 unspecified atom stereocenters. The lowest BCUT2D eigenvalue weighted by Gasteiger charge is -2.19. The lowest BCUT2D eigenvalue weighted by atomic mass is 9.96. The van der Waals surface area contributed by atoms with Gasteiger partial charge in [0.25, 0.3) is 0 Å². The number of methoxy groups -OCH3 is 1. The van der Waals surface area contributed by atoms with Gasteiger partial charge in [-0.25, -0.2) is 0 Å². The number of aromatic nitrogens is 1. The summed E-state index contributed by atoms with van der Waals surface area (Å²) in [6.07, 6.45) is 5.64. The summed E-state index contributed by atoms with van der Waals surface area (Å²) in [5.74, 6) is 1.71. The molecule has 0 aromatic carbocycles. The van der Waals surface area contributed by atoms with Crippen LogP contribution in [0.25, 0.3) is 0 Å². The van der Waals surface area contributed by atoms with Crippen molar-refractivity contribution < 1.29 is 4.74 Å². The molecule has 0 radical (unpaired) electrons. The summed E-state index contributed by atoms with van der Waals surface area (Å²) in [6, 6.07) is 0. The molecule has 0 amide bonds. The van der Waals surface area contributed by atoms with Gasteiger partial charge in [0.1, 0.15) is 5.75 Å². The fourth-order valence-electron chi connectivity index (χ4n) is 2.82. The lowest BCUT2D eigenvalue weighted by molar-refractivity contribution is 0.402. The Kier molecular flexibility index (Phi) is 4.69. The summed E-state index contributed by atoms with van der Waals surface area (Å²) in [4.78, 5) is 4.65. The number of hydrogen-bond donors (Lipinski definition) is 1. The van der Waals surface area contributed by atoms with Gasteiger partial charge in [0.15, 0.2) is 0 Å². The van der Waals surface area contributed by atoms with Crippen LogP contribution in [0.3, 0.4) is 0 Å². The number of rotatable bonds is 7. The van der Waals surface area contributed by atoms with Crippen LogP contribution in [0.1, 0.15) is 43.5 Å². The second-order valence-corrected chi connectivity index (χ2v) is 6.75. The van der Waals surface area contributed by atoms with Crippen LogP contribution in [0, 0.1) is 25.2 Å². The van der Waals surface area contributed by atoms with E-state index in [-0.39, 0.29) is 0 Å². The van der Waals surface area contributed by atoms with Crippen molar-refractivity contribution in [3.05, 3.63) is 23.0 Å². The Morgan fingerprint density at radius 2 is 2.05 bits per heavy atom. The lowest BCUT2D eigenvalue weighted by Crippen LogP contribution is -2.29. The van der Waals surface area contributed by atoms with E-state index >= 15 is 0 Å². The third-order valence-corrected chi connectivity index (χ3v) is 4.30. The van der Waals surface area contributed by atoms with Crippen LogP contribution < -0.4 is 10.1 Å². The molecule has 0 spiro atoms. The molecular formula is C17H28N2O. The summed E-state index contributed by atoms with van der Waals surface area (Å²) >= 11 is 0. The Bertz CT molecular complexity index is 464. The topological polar surface area (TPSA) is 34.1 Å². The maximum absolute atomic E-state index is 5.51. The van der Waals surface area contributed by atoms with E-state index in [1.54, 1.807) is 7.11 Å². The maximum atomic E-state index is 5.51. The molecule has 1 saturated carbocycles. The molecule has 3 heteroatoms. The van der Waals surface area contributed by atoms with Gasteiger partial charge in [-0.3, -0.25) is 4.98 Å². The summed E-state index contributed by atoms with van der Waals surface area (Å²) in [6.45, 7) is 10.9. The van der Waals surface area contributed by atoms with Crippen LogP contribution >= 0.6 is 0 Å². The molecule has 0 saturated heterocycles. The van der Waals surface area contributed by atoms with E-state index in [0.29, 0.717) is 11.3 Å². The minimum atomic E-state index is 0.437. The highest BCUT2D eigenvalue weighted by Crippen LogP contribution is 2.48. The van der Waals surface area contributed by atoms with E-state index in [9.17, 15) is 0 Å². The SMILES string of the molecule is COc1c(C)cnc(CC2(CNCC(C)C)CC2)c1C. The Hall–Kier alpha value is -1.09. The van der Waals surface area contributed by atoms with E-state index in [2.05, 4.69) is 38.0 Å². The van der Waals surface area contributed by atoms with Crippen molar-refractivity contribution in [2.45, 2.75) is 47.0 Å². The van der Waals surface area contributed by atoms with E-state index < -0.39 is 0 Å². The van der Waals surface area contributed by atoms with Gasteiger partial charge in [0, 0.05) is 29.6 Å². The quantitative estimate of drug-likeness (QED) is 0.830. The van der Waals surface area contributed by atoms with Crippen LogP contribution in [0.5, 0.6) is 5.75 Å². The summed E-state index contributed by atoms with van der Waals surface area (Å²) in [5.41, 5.74) is 3.97. The predicted octanol–water partition coefficient (Wildman–Crippen LogP) is 3.28. The molecule has 2 rings (SSSR count). The van der Waals surface area contributed by atoms with Crippen LogP contribution in [0.15, 0.2) is 6.20 Å². The molecule has 0 bridgehead atoms. The van der Waals surface area contributed by atoms with Gasteiger partial charge in [-0.2, -0.15) is 0 Å². The van der Waals surface area contributed by atoms with Gasteiger partial charge in [-0.1, -0.05) is 13.8 Å². The van der Waals surface area contributed by atoms with Crippen molar-refractivity contribution in [1.29, 1.82) is 0 Å². The fourth-order valence-corrected chi connectivity index (χ4v) is 2.82. The molecule has 1 aromatic heterocycles. The van der Waals surface area contributed by atoms with Gasteiger partial charge in [0.2, 0.25) is 0 Å². The first-order chi connectivity index (χ1) is 9.47. The monoisotopic (exact) mass is 276 g/mol. The van der Waals surface area contributed by atoms with Gasteiger partial charge in [-0.05, 0) is 51.0 Å². The van der Waals surface area contributed by atoms with E-state index in [1.165, 1.54) is 24.1 Å². The highest BCUT2D eigenvalue weighted by Gasteiger charge is 2.42. The molecule has 1 aliphatic rings. The Morgan fingerprint density at radius 3 is 2.60 bits per heavy atom. The number of pyridine rings is 1. The van der Waals surface area contributed by atoms with E-state index in [1.807, 2.05) is 6.20 Å². The number of ether oxygens (including phenoxy) is 1. The molecule has 1 fully saturated rings. The Balaban J connectivity index is 2.03. The van der Waals surface area contributed by atoms with Crippen molar-refractivity contribution in [2.75, 3.05) is 20.2 Å². The average Bonchev–Trinajstić information content (AvgIpc) is 3.13. The highest BCUT2D eigenvalue weighted by atomic mass is 16.5. The zero-order chi connectivity index (χ0) is 14.8. The van der Waals surface area contributed by atoms with Crippen LogP contribution in [-0.4, -0.2) is 25.2 Å². The minimum Gasteiger partial charge on any atom is -0.496 e. The highest BCUT2D eigenvalue weighted by molar-refractivity contribution is 5.41. The van der Waals surface area contributed by atoms with Crippen LogP contribution in [0.4, 0.5) is 0 Å². The van der Waals surface area contributed by atoms with E-state index in [4.69, 9.17) is 4.74 Å². The van der Waals surface area contributed by atoms with Crippen molar-refractivity contribution in [3.8, 4) is 5.75 Å². The number of aryl methyl sites for hydroxylation is 1. The van der Waals surface area contributed by atoms with Gasteiger partial charge in [0.05, 0.1) is 7.11 Å². The predicted molar refractivity (Wildman–Crippen MR) is 83.3 cm³/mol. The zero-order valence-electron chi connectivity index (χ0n) is 13.5.